The molecule has 0 aliphatic heterocycles. The van der Waals surface area contributed by atoms with Crippen LogP contribution in [0, 0.1) is 0 Å². The van der Waals surface area contributed by atoms with E-state index in [0.29, 0.717) is 12.5 Å². The molecule has 0 aliphatic rings. The van der Waals surface area contributed by atoms with Gasteiger partial charge in [0, 0.05) is 12.2 Å². The Morgan fingerprint density at radius 2 is 2.23 bits per heavy atom. The summed E-state index contributed by atoms with van der Waals surface area (Å²) in [6.07, 6.45) is 2.04. The first-order chi connectivity index (χ1) is 6.24. The zero-order valence-electron chi connectivity index (χ0n) is 8.10. The van der Waals surface area contributed by atoms with Crippen LogP contribution in [0.25, 0.3) is 0 Å². The number of alkyl halides is 1. The second kappa shape index (κ2) is 7.92. The molecule has 0 spiro atoms. The van der Waals surface area contributed by atoms with Gasteiger partial charge in [-0.3, -0.25) is 4.79 Å². The topological polar surface area (TPSA) is 38.3 Å². The molecule has 76 valence electrons. The van der Waals surface area contributed by atoms with Gasteiger partial charge in [0.2, 0.25) is 0 Å². The summed E-state index contributed by atoms with van der Waals surface area (Å²) >= 11 is 5.62. The average molecular weight is 206 g/mol. The Hall–Kier alpha value is -0.700. The van der Waals surface area contributed by atoms with Crippen LogP contribution in [0.5, 0.6) is 0 Å². The lowest BCUT2D eigenvalue weighted by atomic mass is 10.3. The molecular formula is C9H16ClNO2. The molecule has 4 heteroatoms. The molecule has 1 N–H and O–H groups in total. The number of esters is 1. The van der Waals surface area contributed by atoms with Crippen molar-refractivity contribution in [3.8, 4) is 0 Å². The van der Waals surface area contributed by atoms with Gasteiger partial charge in [-0.15, -0.1) is 11.6 Å². The molecular weight excluding hydrogens is 190 g/mol. The zero-order valence-corrected chi connectivity index (χ0v) is 8.86. The lowest BCUT2D eigenvalue weighted by Gasteiger charge is -2.04. The number of rotatable bonds is 6. The maximum absolute atomic E-state index is 10.9. The van der Waals surface area contributed by atoms with Crippen LogP contribution in [-0.2, 0) is 9.53 Å². The number of ether oxygens (including phenoxy) is 1. The van der Waals surface area contributed by atoms with Gasteiger partial charge in [-0.05, 0) is 13.8 Å². The molecule has 0 saturated heterocycles. The molecule has 0 fully saturated rings. The summed E-state index contributed by atoms with van der Waals surface area (Å²) in [5, 5.41) is 3.05. The van der Waals surface area contributed by atoms with Crippen molar-refractivity contribution in [1.82, 2.24) is 5.32 Å². The first-order valence-corrected chi connectivity index (χ1v) is 4.92. The number of hydrogen-bond donors (Lipinski definition) is 1. The average Bonchev–Trinajstić information content (AvgIpc) is 2.12. The molecule has 0 radical (unpaired) electrons. The summed E-state index contributed by atoms with van der Waals surface area (Å²) in [4.78, 5) is 10.9. The Labute approximate surface area is 84.1 Å². The number of carbonyl (C=O) groups is 1. The van der Waals surface area contributed by atoms with E-state index in [2.05, 4.69) is 5.32 Å². The van der Waals surface area contributed by atoms with Crippen LogP contribution < -0.4 is 5.32 Å². The van der Waals surface area contributed by atoms with Gasteiger partial charge >= 0.3 is 5.97 Å². The van der Waals surface area contributed by atoms with Crippen LogP contribution in [0.3, 0.4) is 0 Å². The van der Waals surface area contributed by atoms with E-state index >= 15 is 0 Å². The minimum Gasteiger partial charge on any atom is -0.466 e. The first kappa shape index (κ1) is 12.3. The number of nitrogens with one attached hydrogen (secondary N) is 1. The van der Waals surface area contributed by atoms with Gasteiger partial charge in [0.05, 0.1) is 18.9 Å². The Morgan fingerprint density at radius 3 is 2.69 bits per heavy atom. The predicted octanol–water partition coefficient (Wildman–Crippen LogP) is 1.67. The molecule has 0 saturated carbocycles. The zero-order chi connectivity index (χ0) is 10.1. The second-order valence-corrected chi connectivity index (χ2v) is 2.67. The van der Waals surface area contributed by atoms with Crippen molar-refractivity contribution < 1.29 is 9.53 Å². The molecule has 0 rings (SSSR count). The molecule has 0 heterocycles. The Balaban J connectivity index is 3.83. The van der Waals surface area contributed by atoms with Gasteiger partial charge in [0.1, 0.15) is 0 Å². The Bertz CT molecular complexity index is 180. The molecule has 0 amide bonds. The van der Waals surface area contributed by atoms with Crippen molar-refractivity contribution in [1.29, 1.82) is 0 Å². The number of hydrogen-bond acceptors (Lipinski definition) is 3. The highest BCUT2D eigenvalue weighted by Gasteiger charge is 1.99. The lowest BCUT2D eigenvalue weighted by Crippen LogP contribution is -2.14. The largest absolute Gasteiger partial charge is 0.466 e. The van der Waals surface area contributed by atoms with Gasteiger partial charge < -0.3 is 10.1 Å². The summed E-state index contributed by atoms with van der Waals surface area (Å²) in [7, 11) is 0. The van der Waals surface area contributed by atoms with E-state index in [1.807, 2.05) is 6.92 Å². The summed E-state index contributed by atoms with van der Waals surface area (Å²) in [6, 6.07) is 0. The van der Waals surface area contributed by atoms with Crippen LogP contribution in [0.4, 0.5) is 0 Å². The highest BCUT2D eigenvalue weighted by Crippen LogP contribution is 1.97. The standard InChI is InChI=1S/C9H16ClNO2/c1-3-11-8(7-10)5-6-9(12)13-4-2/h5,11H,3-4,6-7H2,1-2H3/b8-5-. The van der Waals surface area contributed by atoms with E-state index in [1.165, 1.54) is 0 Å². The highest BCUT2D eigenvalue weighted by molar-refractivity contribution is 6.19. The van der Waals surface area contributed by atoms with Crippen molar-refractivity contribution in [2.24, 2.45) is 0 Å². The van der Waals surface area contributed by atoms with Crippen molar-refractivity contribution >= 4 is 17.6 Å². The predicted molar refractivity (Wildman–Crippen MR) is 53.7 cm³/mol. The number of carbonyl (C=O) groups excluding carboxylic acids is 1. The van der Waals surface area contributed by atoms with Crippen molar-refractivity contribution in [3.63, 3.8) is 0 Å². The maximum Gasteiger partial charge on any atom is 0.309 e. The molecule has 0 aromatic carbocycles. The fourth-order valence-electron chi connectivity index (χ4n) is 0.827. The summed E-state index contributed by atoms with van der Waals surface area (Å²) in [5.41, 5.74) is 0.872. The highest BCUT2D eigenvalue weighted by atomic mass is 35.5. The molecule has 0 aromatic heterocycles. The second-order valence-electron chi connectivity index (χ2n) is 2.40. The Kier molecular flexibility index (Phi) is 7.50. The van der Waals surface area contributed by atoms with Gasteiger partial charge in [-0.1, -0.05) is 6.08 Å². The smallest absolute Gasteiger partial charge is 0.309 e. The minimum absolute atomic E-state index is 0.219. The fraction of sp³-hybridized carbons (Fsp3) is 0.667. The maximum atomic E-state index is 10.9. The molecule has 0 aliphatic carbocycles. The van der Waals surface area contributed by atoms with E-state index in [9.17, 15) is 4.79 Å². The molecule has 0 atom stereocenters. The van der Waals surface area contributed by atoms with Crippen LogP contribution in [0.1, 0.15) is 20.3 Å². The summed E-state index contributed by atoms with van der Waals surface area (Å²) < 4.78 is 4.76. The molecule has 0 bridgehead atoms. The van der Waals surface area contributed by atoms with Gasteiger partial charge in [-0.25, -0.2) is 0 Å². The third kappa shape index (κ3) is 6.46. The number of halogens is 1. The minimum atomic E-state index is -0.219. The molecule has 3 nitrogen and oxygen atoms in total. The summed E-state index contributed by atoms with van der Waals surface area (Å²) in [6.45, 7) is 4.99. The van der Waals surface area contributed by atoms with E-state index in [1.54, 1.807) is 13.0 Å². The molecule has 0 aromatic rings. The summed E-state index contributed by atoms with van der Waals surface area (Å²) in [5.74, 6) is 0.177. The van der Waals surface area contributed by atoms with Crippen LogP contribution in [0.15, 0.2) is 11.8 Å². The first-order valence-electron chi connectivity index (χ1n) is 4.39. The van der Waals surface area contributed by atoms with Crippen LogP contribution in [-0.4, -0.2) is 25.0 Å². The van der Waals surface area contributed by atoms with Crippen LogP contribution in [0.2, 0.25) is 0 Å². The van der Waals surface area contributed by atoms with Crippen LogP contribution >= 0.6 is 11.6 Å². The van der Waals surface area contributed by atoms with E-state index in [0.717, 1.165) is 12.2 Å². The lowest BCUT2D eigenvalue weighted by molar-refractivity contribution is -0.142. The normalized spacial score (nSPS) is 11.2. The molecule has 13 heavy (non-hydrogen) atoms. The van der Waals surface area contributed by atoms with Crippen molar-refractivity contribution in [2.75, 3.05) is 19.0 Å². The van der Waals surface area contributed by atoms with E-state index in [-0.39, 0.29) is 12.4 Å². The molecule has 0 unspecified atom stereocenters. The third-order valence-electron chi connectivity index (χ3n) is 1.37. The SMILES string of the molecule is CCN/C(=C\CC(=O)OCC)CCl. The van der Waals surface area contributed by atoms with E-state index < -0.39 is 0 Å². The number of allylic oxidation sites excluding steroid dienone is 1. The van der Waals surface area contributed by atoms with E-state index in [4.69, 9.17) is 16.3 Å². The van der Waals surface area contributed by atoms with Crippen molar-refractivity contribution in [2.45, 2.75) is 20.3 Å². The monoisotopic (exact) mass is 205 g/mol. The van der Waals surface area contributed by atoms with Gasteiger partial charge in [0.25, 0.3) is 0 Å². The Morgan fingerprint density at radius 1 is 1.54 bits per heavy atom. The quantitative estimate of drug-likeness (QED) is 0.530. The fourth-order valence-corrected chi connectivity index (χ4v) is 1.03. The van der Waals surface area contributed by atoms with Crippen molar-refractivity contribution in [3.05, 3.63) is 11.8 Å². The van der Waals surface area contributed by atoms with Gasteiger partial charge in [0.15, 0.2) is 0 Å². The van der Waals surface area contributed by atoms with Gasteiger partial charge in [-0.2, -0.15) is 0 Å². The third-order valence-corrected chi connectivity index (χ3v) is 1.66.